The smallest absolute Gasteiger partial charge is 0.269 e. The molecule has 8 nitrogen and oxygen atoms in total. The Morgan fingerprint density at radius 1 is 1.52 bits per heavy atom. The number of hydrogen-bond acceptors (Lipinski definition) is 8. The van der Waals surface area contributed by atoms with Crippen molar-refractivity contribution in [3.63, 3.8) is 0 Å². The van der Waals surface area contributed by atoms with Gasteiger partial charge in [-0.15, -0.1) is 0 Å². The molecule has 0 saturated heterocycles. The lowest BCUT2D eigenvalue weighted by molar-refractivity contribution is 0.206. The van der Waals surface area contributed by atoms with E-state index in [2.05, 4.69) is 15.5 Å². The summed E-state index contributed by atoms with van der Waals surface area (Å²) in [6.07, 6.45) is 3.34. The molecule has 0 aliphatic rings. The van der Waals surface area contributed by atoms with Crippen molar-refractivity contribution in [1.82, 2.24) is 14.8 Å². The Hall–Kier alpha value is -1.97. The predicted octanol–water partition coefficient (Wildman–Crippen LogP) is 0.116. The summed E-state index contributed by atoms with van der Waals surface area (Å²) in [7, 11) is 3.53. The third-order valence-corrected chi connectivity index (χ3v) is 3.82. The summed E-state index contributed by atoms with van der Waals surface area (Å²) in [5, 5.41) is 4.79. The van der Waals surface area contributed by atoms with Crippen LogP contribution in [0.1, 0.15) is 4.88 Å². The second-order valence-corrected chi connectivity index (χ2v) is 5.52. The van der Waals surface area contributed by atoms with Gasteiger partial charge in [0.2, 0.25) is 0 Å². The highest BCUT2D eigenvalue weighted by atomic mass is 32.1. The quantitative estimate of drug-likeness (QED) is 0.553. The molecule has 0 aliphatic heterocycles. The van der Waals surface area contributed by atoms with Gasteiger partial charge >= 0.3 is 0 Å². The molecule has 2 aromatic heterocycles. The number of methoxy groups -OCH3 is 1. The Labute approximate surface area is 126 Å². The van der Waals surface area contributed by atoms with E-state index in [0.717, 1.165) is 10.6 Å². The normalized spacial score (nSPS) is 10.6. The lowest BCUT2D eigenvalue weighted by atomic mass is 10.4. The Kier molecular flexibility index (Phi) is 5.26. The molecule has 114 valence electrons. The van der Waals surface area contributed by atoms with Gasteiger partial charge in [-0.3, -0.25) is 10.2 Å². The van der Waals surface area contributed by atoms with Gasteiger partial charge in [-0.1, -0.05) is 11.3 Å². The Morgan fingerprint density at radius 2 is 2.33 bits per heavy atom. The third kappa shape index (κ3) is 4.00. The second kappa shape index (κ2) is 7.16. The molecule has 0 amide bonds. The summed E-state index contributed by atoms with van der Waals surface area (Å²) in [6.45, 7) is 1.66. The summed E-state index contributed by atoms with van der Waals surface area (Å²) in [5.41, 5.74) is 3.08. The van der Waals surface area contributed by atoms with Gasteiger partial charge in [0.25, 0.3) is 5.56 Å². The molecule has 0 bridgehead atoms. The van der Waals surface area contributed by atoms with Crippen molar-refractivity contribution in [3.05, 3.63) is 33.7 Å². The van der Waals surface area contributed by atoms with E-state index in [1.165, 1.54) is 16.0 Å². The number of nitrogens with two attached hydrogens (primary N) is 1. The van der Waals surface area contributed by atoms with E-state index in [1.54, 1.807) is 25.6 Å². The largest absolute Gasteiger partial charge is 0.383 e. The zero-order valence-electron chi connectivity index (χ0n) is 11.9. The summed E-state index contributed by atoms with van der Waals surface area (Å²) in [4.78, 5) is 19.0. The Bertz CT molecular complexity index is 641. The molecular formula is C12H18N6O2S. The number of hydrogen-bond donors (Lipinski definition) is 2. The Morgan fingerprint density at radius 3 is 2.95 bits per heavy atom. The minimum Gasteiger partial charge on any atom is -0.383 e. The van der Waals surface area contributed by atoms with Crippen molar-refractivity contribution in [2.75, 3.05) is 37.6 Å². The maximum Gasteiger partial charge on any atom is 0.269 e. The first-order valence-corrected chi connectivity index (χ1v) is 7.14. The minimum absolute atomic E-state index is 0.160. The number of likely N-dealkylation sites (N-methyl/N-ethyl adjacent to an activating group) is 1. The predicted molar refractivity (Wildman–Crippen MR) is 82.7 cm³/mol. The van der Waals surface area contributed by atoms with Crippen LogP contribution in [0.5, 0.6) is 0 Å². The molecule has 0 fully saturated rings. The van der Waals surface area contributed by atoms with E-state index in [0.29, 0.717) is 24.8 Å². The minimum atomic E-state index is -0.160. The molecule has 3 N–H and O–H groups in total. The highest BCUT2D eigenvalue weighted by molar-refractivity contribution is 7.15. The van der Waals surface area contributed by atoms with Crippen LogP contribution in [-0.4, -0.2) is 42.1 Å². The molecule has 0 radical (unpaired) electrons. The van der Waals surface area contributed by atoms with Crippen LogP contribution in [-0.2, 0) is 11.3 Å². The highest BCUT2D eigenvalue weighted by Gasteiger charge is 2.07. The van der Waals surface area contributed by atoms with E-state index in [1.807, 2.05) is 11.9 Å². The molecule has 2 heterocycles. The van der Waals surface area contributed by atoms with Crippen LogP contribution in [0.25, 0.3) is 0 Å². The van der Waals surface area contributed by atoms with Crippen LogP contribution in [0.3, 0.4) is 0 Å². The lowest BCUT2D eigenvalue weighted by Gasteiger charge is -2.18. The van der Waals surface area contributed by atoms with Gasteiger partial charge in [0.05, 0.1) is 25.0 Å². The number of anilines is 2. The van der Waals surface area contributed by atoms with Gasteiger partial charge in [-0.05, 0) is 0 Å². The van der Waals surface area contributed by atoms with Crippen molar-refractivity contribution < 1.29 is 4.74 Å². The van der Waals surface area contributed by atoms with Gasteiger partial charge in [-0.25, -0.2) is 15.5 Å². The van der Waals surface area contributed by atoms with Gasteiger partial charge in [-0.2, -0.15) is 5.10 Å². The van der Waals surface area contributed by atoms with Gasteiger partial charge in [0.1, 0.15) is 0 Å². The van der Waals surface area contributed by atoms with Crippen LogP contribution in [0.2, 0.25) is 0 Å². The first-order chi connectivity index (χ1) is 10.1. The summed E-state index contributed by atoms with van der Waals surface area (Å²) in [6, 6.07) is 1.56. The molecule has 2 aromatic rings. The summed E-state index contributed by atoms with van der Waals surface area (Å²) in [5.74, 6) is 5.28. The van der Waals surface area contributed by atoms with Crippen LogP contribution >= 0.6 is 11.3 Å². The van der Waals surface area contributed by atoms with Crippen LogP contribution < -0.4 is 21.7 Å². The van der Waals surface area contributed by atoms with Crippen LogP contribution in [0, 0.1) is 0 Å². The molecular weight excluding hydrogens is 292 g/mol. The number of nitrogens with one attached hydrogen (secondary N) is 1. The molecule has 2 rings (SSSR count). The van der Waals surface area contributed by atoms with Crippen molar-refractivity contribution in [2.45, 2.75) is 6.54 Å². The van der Waals surface area contributed by atoms with E-state index in [4.69, 9.17) is 10.6 Å². The average molecular weight is 310 g/mol. The number of nitrogen functional groups attached to an aromatic ring is 1. The lowest BCUT2D eigenvalue weighted by Crippen LogP contribution is -2.27. The van der Waals surface area contributed by atoms with Crippen molar-refractivity contribution in [3.8, 4) is 0 Å². The third-order valence-electron chi connectivity index (χ3n) is 2.91. The molecule has 0 aliphatic carbocycles. The molecule has 0 atom stereocenters. The van der Waals surface area contributed by atoms with Gasteiger partial charge < -0.3 is 9.64 Å². The fraction of sp³-hybridized carbons (Fsp3) is 0.417. The first kappa shape index (κ1) is 15.4. The molecule has 21 heavy (non-hydrogen) atoms. The topological polar surface area (TPSA) is 98.3 Å². The number of aromatic nitrogens is 3. The number of ether oxygens (including phenoxy) is 1. The maximum absolute atomic E-state index is 12.1. The van der Waals surface area contributed by atoms with Crippen LogP contribution in [0.15, 0.2) is 23.3 Å². The summed E-state index contributed by atoms with van der Waals surface area (Å²) >= 11 is 1.38. The first-order valence-electron chi connectivity index (χ1n) is 6.32. The molecule has 0 saturated carbocycles. The number of nitrogens with zero attached hydrogens (tertiary/aromatic N) is 4. The number of thiazole rings is 1. The zero-order chi connectivity index (χ0) is 15.2. The second-order valence-electron chi connectivity index (χ2n) is 4.40. The SMILES string of the molecule is COCCN(C)c1cnn(Cc2cnc(NN)s2)c(=O)c1. The van der Waals surface area contributed by atoms with Crippen molar-refractivity contribution in [1.29, 1.82) is 0 Å². The Balaban J connectivity index is 2.10. The number of hydrazine groups is 1. The average Bonchev–Trinajstić information content (AvgIpc) is 2.94. The van der Waals surface area contributed by atoms with E-state index >= 15 is 0 Å². The fourth-order valence-electron chi connectivity index (χ4n) is 1.70. The molecule has 0 unspecified atom stereocenters. The van der Waals surface area contributed by atoms with Gasteiger partial charge in [0, 0.05) is 37.8 Å². The van der Waals surface area contributed by atoms with E-state index < -0.39 is 0 Å². The van der Waals surface area contributed by atoms with Gasteiger partial charge in [0.15, 0.2) is 5.13 Å². The zero-order valence-corrected chi connectivity index (χ0v) is 12.8. The molecule has 9 heteroatoms. The summed E-state index contributed by atoms with van der Waals surface area (Å²) < 4.78 is 6.40. The van der Waals surface area contributed by atoms with E-state index in [-0.39, 0.29) is 5.56 Å². The standard InChI is InChI=1S/C12H18N6O2S/c1-17(3-4-20-2)9-5-11(19)18(15-6-9)8-10-7-14-12(16-13)21-10/h5-7H,3-4,8,13H2,1-2H3,(H,14,16). The van der Waals surface area contributed by atoms with Crippen molar-refractivity contribution in [2.24, 2.45) is 5.84 Å². The fourth-order valence-corrected chi connectivity index (χ4v) is 2.41. The highest BCUT2D eigenvalue weighted by Crippen LogP contribution is 2.17. The monoisotopic (exact) mass is 310 g/mol. The van der Waals surface area contributed by atoms with Crippen LogP contribution in [0.4, 0.5) is 10.8 Å². The number of rotatable bonds is 7. The van der Waals surface area contributed by atoms with E-state index in [9.17, 15) is 4.79 Å². The van der Waals surface area contributed by atoms with Crippen molar-refractivity contribution >= 4 is 22.2 Å². The molecule has 0 spiro atoms. The maximum atomic E-state index is 12.1. The molecule has 0 aromatic carbocycles.